The van der Waals surface area contributed by atoms with Crippen LogP contribution in [0.4, 0.5) is 0 Å². The quantitative estimate of drug-likeness (QED) is 0.765. The van der Waals surface area contributed by atoms with Gasteiger partial charge in [0.2, 0.25) is 5.91 Å². The summed E-state index contributed by atoms with van der Waals surface area (Å²) in [6.45, 7) is 2.72. The smallest absolute Gasteiger partial charge is 0.311 e. The third-order valence-corrected chi connectivity index (χ3v) is 4.72. The lowest BCUT2D eigenvalue weighted by atomic mass is 9.95. The summed E-state index contributed by atoms with van der Waals surface area (Å²) in [6.07, 6.45) is 1.18. The maximum Gasteiger partial charge on any atom is 0.311 e. The zero-order valence-electron chi connectivity index (χ0n) is 15.5. The Hall–Kier alpha value is -2.82. The Morgan fingerprint density at radius 3 is 2.67 bits per heavy atom. The molecule has 1 heterocycles. The molecule has 2 aromatic carbocycles. The normalized spacial score (nSPS) is 16.6. The molecule has 1 N–H and O–H groups in total. The van der Waals surface area contributed by atoms with Gasteiger partial charge in [-0.2, -0.15) is 0 Å². The van der Waals surface area contributed by atoms with Crippen LogP contribution < -0.4 is 10.1 Å². The molecule has 0 bridgehead atoms. The van der Waals surface area contributed by atoms with Crippen LogP contribution in [0.25, 0.3) is 0 Å². The molecule has 2 atom stereocenters. The van der Waals surface area contributed by atoms with Gasteiger partial charge in [0.25, 0.3) is 0 Å². The second-order valence-corrected chi connectivity index (χ2v) is 6.70. The molecule has 0 aromatic heterocycles. The predicted molar refractivity (Wildman–Crippen MR) is 102 cm³/mol. The van der Waals surface area contributed by atoms with Crippen molar-refractivity contribution < 1.29 is 19.1 Å². The molecule has 0 spiro atoms. The highest BCUT2D eigenvalue weighted by molar-refractivity contribution is 5.80. The van der Waals surface area contributed by atoms with E-state index in [9.17, 15) is 9.59 Å². The van der Waals surface area contributed by atoms with E-state index in [2.05, 4.69) is 5.32 Å². The van der Waals surface area contributed by atoms with Crippen LogP contribution in [0.3, 0.4) is 0 Å². The SMILES string of the molecule is CCOC(=O)C(CNC(=O)C1COc2ccccc2C1)Cc1ccccc1. The standard InChI is InChI=1S/C22H25NO4/c1-2-26-22(25)18(12-16-8-4-3-5-9-16)14-23-21(24)19-13-17-10-6-7-11-20(17)27-15-19/h3-11,18-19H,2,12-15H2,1H3,(H,23,24). The Bertz CT molecular complexity index is 775. The highest BCUT2D eigenvalue weighted by Crippen LogP contribution is 2.26. The number of carbonyl (C=O) groups excluding carboxylic acids is 2. The highest BCUT2D eigenvalue weighted by atomic mass is 16.5. The summed E-state index contributed by atoms with van der Waals surface area (Å²) in [6, 6.07) is 17.5. The van der Waals surface area contributed by atoms with Gasteiger partial charge >= 0.3 is 5.97 Å². The van der Waals surface area contributed by atoms with Crippen LogP contribution in [0.2, 0.25) is 0 Å². The first-order valence-corrected chi connectivity index (χ1v) is 9.36. The molecular weight excluding hydrogens is 342 g/mol. The van der Waals surface area contributed by atoms with Gasteiger partial charge in [0.15, 0.2) is 0 Å². The summed E-state index contributed by atoms with van der Waals surface area (Å²) in [5.41, 5.74) is 2.08. The second kappa shape index (κ2) is 9.21. The number of benzene rings is 2. The first-order valence-electron chi connectivity index (χ1n) is 9.36. The molecule has 5 heteroatoms. The molecule has 1 amide bonds. The second-order valence-electron chi connectivity index (χ2n) is 6.70. The van der Waals surface area contributed by atoms with Crippen LogP contribution in [0.15, 0.2) is 54.6 Å². The summed E-state index contributed by atoms with van der Waals surface area (Å²) in [7, 11) is 0. The third-order valence-electron chi connectivity index (χ3n) is 4.72. The van der Waals surface area contributed by atoms with E-state index in [0.717, 1.165) is 16.9 Å². The molecule has 3 rings (SSSR count). The van der Waals surface area contributed by atoms with E-state index < -0.39 is 5.92 Å². The summed E-state index contributed by atoms with van der Waals surface area (Å²) < 4.78 is 10.9. The van der Waals surface area contributed by atoms with Gasteiger partial charge in [-0.15, -0.1) is 0 Å². The first-order chi connectivity index (χ1) is 13.2. The fourth-order valence-electron chi connectivity index (χ4n) is 3.26. The predicted octanol–water partition coefficient (Wildman–Crippen LogP) is 2.78. The molecule has 2 aromatic rings. The molecule has 0 aliphatic carbocycles. The van der Waals surface area contributed by atoms with E-state index in [1.807, 2.05) is 54.6 Å². The maximum absolute atomic E-state index is 12.6. The third kappa shape index (κ3) is 5.09. The molecule has 0 saturated carbocycles. The monoisotopic (exact) mass is 367 g/mol. The van der Waals surface area contributed by atoms with Crippen molar-refractivity contribution in [3.05, 3.63) is 65.7 Å². The van der Waals surface area contributed by atoms with E-state index >= 15 is 0 Å². The van der Waals surface area contributed by atoms with Crippen molar-refractivity contribution in [3.8, 4) is 5.75 Å². The Kier molecular flexibility index (Phi) is 6.47. The molecule has 142 valence electrons. The molecule has 0 radical (unpaired) electrons. The van der Waals surface area contributed by atoms with Crippen molar-refractivity contribution in [3.63, 3.8) is 0 Å². The number of ether oxygens (including phenoxy) is 2. The number of fused-ring (bicyclic) bond motifs is 1. The van der Waals surface area contributed by atoms with Gasteiger partial charge in [-0.1, -0.05) is 48.5 Å². The van der Waals surface area contributed by atoms with Crippen molar-refractivity contribution in [1.82, 2.24) is 5.32 Å². The fourth-order valence-corrected chi connectivity index (χ4v) is 3.26. The molecule has 27 heavy (non-hydrogen) atoms. The van der Waals surface area contributed by atoms with Crippen LogP contribution in [0.5, 0.6) is 5.75 Å². The number of hydrogen-bond donors (Lipinski definition) is 1. The van der Waals surface area contributed by atoms with Gasteiger partial charge in [-0.25, -0.2) is 0 Å². The van der Waals surface area contributed by atoms with Crippen LogP contribution in [0.1, 0.15) is 18.1 Å². The topological polar surface area (TPSA) is 64.6 Å². The van der Waals surface area contributed by atoms with Crippen molar-refractivity contribution in [2.24, 2.45) is 11.8 Å². The van der Waals surface area contributed by atoms with E-state index in [1.165, 1.54) is 0 Å². The van der Waals surface area contributed by atoms with Crippen LogP contribution >= 0.6 is 0 Å². The Morgan fingerprint density at radius 2 is 1.89 bits per heavy atom. The van der Waals surface area contributed by atoms with Crippen molar-refractivity contribution in [2.45, 2.75) is 19.8 Å². The maximum atomic E-state index is 12.6. The zero-order chi connectivity index (χ0) is 19.1. The summed E-state index contributed by atoms with van der Waals surface area (Å²) in [4.78, 5) is 24.9. The molecule has 0 saturated heterocycles. The van der Waals surface area contributed by atoms with Crippen LogP contribution in [-0.2, 0) is 27.2 Å². The molecule has 1 aliphatic heterocycles. The minimum absolute atomic E-state index is 0.0909. The van der Waals surface area contributed by atoms with Crippen molar-refractivity contribution in [2.75, 3.05) is 19.8 Å². The van der Waals surface area contributed by atoms with Gasteiger partial charge in [-0.05, 0) is 37.0 Å². The van der Waals surface area contributed by atoms with E-state index in [0.29, 0.717) is 26.1 Å². The summed E-state index contributed by atoms with van der Waals surface area (Å²) >= 11 is 0. The van der Waals surface area contributed by atoms with Gasteiger partial charge < -0.3 is 14.8 Å². The molecule has 1 aliphatic rings. The van der Waals surface area contributed by atoms with Crippen LogP contribution in [-0.4, -0.2) is 31.6 Å². The highest BCUT2D eigenvalue weighted by Gasteiger charge is 2.27. The molecule has 0 fully saturated rings. The van der Waals surface area contributed by atoms with Crippen LogP contribution in [0, 0.1) is 11.8 Å². The summed E-state index contributed by atoms with van der Waals surface area (Å²) in [5, 5.41) is 2.92. The lowest BCUT2D eigenvalue weighted by molar-refractivity contribution is -0.148. The number of rotatable bonds is 7. The molecular formula is C22H25NO4. The van der Waals surface area contributed by atoms with E-state index in [1.54, 1.807) is 6.92 Å². The number of carbonyl (C=O) groups is 2. The fraction of sp³-hybridized carbons (Fsp3) is 0.364. The van der Waals surface area contributed by atoms with Gasteiger partial charge in [0, 0.05) is 6.54 Å². The number of amides is 1. The molecule has 5 nitrogen and oxygen atoms in total. The number of para-hydroxylation sites is 1. The zero-order valence-corrected chi connectivity index (χ0v) is 15.5. The minimum atomic E-state index is -0.409. The number of nitrogens with one attached hydrogen (secondary N) is 1. The molecule has 2 unspecified atom stereocenters. The van der Waals surface area contributed by atoms with E-state index in [4.69, 9.17) is 9.47 Å². The Morgan fingerprint density at radius 1 is 1.15 bits per heavy atom. The Balaban J connectivity index is 1.59. The Labute approximate surface area is 159 Å². The number of esters is 1. The van der Waals surface area contributed by atoms with Crippen molar-refractivity contribution in [1.29, 1.82) is 0 Å². The average Bonchev–Trinajstić information content (AvgIpc) is 2.71. The van der Waals surface area contributed by atoms with Gasteiger partial charge in [-0.3, -0.25) is 9.59 Å². The van der Waals surface area contributed by atoms with Gasteiger partial charge in [0.1, 0.15) is 12.4 Å². The van der Waals surface area contributed by atoms with Crippen molar-refractivity contribution >= 4 is 11.9 Å². The minimum Gasteiger partial charge on any atom is -0.492 e. The first kappa shape index (κ1) is 19.0. The lowest BCUT2D eigenvalue weighted by Crippen LogP contribution is -2.41. The summed E-state index contributed by atoms with van der Waals surface area (Å²) in [5.74, 6) is -0.193. The number of hydrogen-bond acceptors (Lipinski definition) is 4. The van der Waals surface area contributed by atoms with Gasteiger partial charge in [0.05, 0.1) is 18.4 Å². The lowest BCUT2D eigenvalue weighted by Gasteiger charge is -2.25. The van der Waals surface area contributed by atoms with E-state index in [-0.39, 0.29) is 24.3 Å². The largest absolute Gasteiger partial charge is 0.492 e. The average molecular weight is 367 g/mol.